The topological polar surface area (TPSA) is 74.4 Å². The number of carbonyl (C=O) groups is 1. The molecule has 0 aliphatic carbocycles. The zero-order valence-corrected chi connectivity index (χ0v) is 11.6. The standard InChI is InChI=1S/C14H13ClN2O3/c1-19-14(18)12-7-6-11(16)13(17-12)20-8-9-4-2-3-5-10(9)15/h2-7H,8,16H2,1H3. The van der Waals surface area contributed by atoms with Crippen LogP contribution in [0.3, 0.4) is 0 Å². The maximum absolute atomic E-state index is 11.4. The third kappa shape index (κ3) is 3.19. The number of ether oxygens (including phenoxy) is 2. The molecule has 0 amide bonds. The molecular formula is C14H13ClN2O3. The molecule has 0 saturated carbocycles. The molecule has 0 radical (unpaired) electrons. The monoisotopic (exact) mass is 292 g/mol. The Morgan fingerprint density at radius 3 is 2.75 bits per heavy atom. The van der Waals surface area contributed by atoms with Crippen LogP contribution in [0.5, 0.6) is 5.88 Å². The lowest BCUT2D eigenvalue weighted by Gasteiger charge is -2.10. The average Bonchev–Trinajstić information content (AvgIpc) is 2.47. The van der Waals surface area contributed by atoms with E-state index in [2.05, 4.69) is 9.72 Å². The van der Waals surface area contributed by atoms with Crippen molar-refractivity contribution in [3.63, 3.8) is 0 Å². The number of rotatable bonds is 4. The summed E-state index contributed by atoms with van der Waals surface area (Å²) in [4.78, 5) is 15.4. The van der Waals surface area contributed by atoms with Gasteiger partial charge in [0.15, 0.2) is 5.69 Å². The summed E-state index contributed by atoms with van der Waals surface area (Å²) in [5.74, 6) is -0.375. The summed E-state index contributed by atoms with van der Waals surface area (Å²) >= 11 is 6.03. The van der Waals surface area contributed by atoms with Gasteiger partial charge < -0.3 is 15.2 Å². The van der Waals surface area contributed by atoms with Crippen LogP contribution in [-0.4, -0.2) is 18.1 Å². The molecule has 2 rings (SSSR count). The Morgan fingerprint density at radius 2 is 2.05 bits per heavy atom. The van der Waals surface area contributed by atoms with Gasteiger partial charge in [0.2, 0.25) is 5.88 Å². The lowest BCUT2D eigenvalue weighted by molar-refractivity contribution is 0.0592. The number of nitrogens with two attached hydrogens (primary N) is 1. The molecule has 6 heteroatoms. The molecule has 0 aliphatic rings. The minimum atomic E-state index is -0.549. The van der Waals surface area contributed by atoms with E-state index in [1.54, 1.807) is 12.1 Å². The van der Waals surface area contributed by atoms with Gasteiger partial charge in [-0.2, -0.15) is 0 Å². The number of pyridine rings is 1. The minimum Gasteiger partial charge on any atom is -0.471 e. The van der Waals surface area contributed by atoms with E-state index in [1.165, 1.54) is 13.2 Å². The lowest BCUT2D eigenvalue weighted by Crippen LogP contribution is -2.08. The van der Waals surface area contributed by atoms with Gasteiger partial charge in [0.1, 0.15) is 6.61 Å². The number of benzene rings is 1. The Morgan fingerprint density at radius 1 is 1.30 bits per heavy atom. The van der Waals surface area contributed by atoms with Crippen LogP contribution >= 0.6 is 11.6 Å². The van der Waals surface area contributed by atoms with Gasteiger partial charge in [0.05, 0.1) is 12.8 Å². The van der Waals surface area contributed by atoms with E-state index < -0.39 is 5.97 Å². The van der Waals surface area contributed by atoms with Crippen LogP contribution in [0.1, 0.15) is 16.1 Å². The second-order valence-electron chi connectivity index (χ2n) is 3.96. The van der Waals surface area contributed by atoms with Crippen LogP contribution < -0.4 is 10.5 Å². The zero-order valence-electron chi connectivity index (χ0n) is 10.8. The first kappa shape index (κ1) is 14.1. The predicted molar refractivity (Wildman–Crippen MR) is 75.8 cm³/mol. The molecule has 1 heterocycles. The fraction of sp³-hybridized carbons (Fsp3) is 0.143. The van der Waals surface area contributed by atoms with E-state index in [4.69, 9.17) is 22.1 Å². The van der Waals surface area contributed by atoms with Gasteiger partial charge in [-0.25, -0.2) is 9.78 Å². The Bertz CT molecular complexity index is 632. The van der Waals surface area contributed by atoms with Crippen LogP contribution in [0, 0.1) is 0 Å². The van der Waals surface area contributed by atoms with Gasteiger partial charge in [-0.3, -0.25) is 0 Å². The number of hydrogen-bond acceptors (Lipinski definition) is 5. The van der Waals surface area contributed by atoms with Crippen molar-refractivity contribution in [1.29, 1.82) is 0 Å². The highest BCUT2D eigenvalue weighted by Gasteiger charge is 2.11. The van der Waals surface area contributed by atoms with Crippen LogP contribution in [0.25, 0.3) is 0 Å². The SMILES string of the molecule is COC(=O)c1ccc(N)c(OCc2ccccc2Cl)n1. The quantitative estimate of drug-likeness (QED) is 0.877. The number of esters is 1. The van der Waals surface area contributed by atoms with E-state index in [0.717, 1.165) is 5.56 Å². The summed E-state index contributed by atoms with van der Waals surface area (Å²) in [6.45, 7) is 0.210. The van der Waals surface area contributed by atoms with Crippen molar-refractivity contribution in [3.8, 4) is 5.88 Å². The number of methoxy groups -OCH3 is 1. The van der Waals surface area contributed by atoms with Crippen LogP contribution in [0.4, 0.5) is 5.69 Å². The van der Waals surface area contributed by atoms with Crippen molar-refractivity contribution in [1.82, 2.24) is 4.98 Å². The van der Waals surface area contributed by atoms with Crippen LogP contribution in [0.2, 0.25) is 5.02 Å². The number of hydrogen-bond donors (Lipinski definition) is 1. The van der Waals surface area contributed by atoms with Crippen molar-refractivity contribution >= 4 is 23.3 Å². The maximum atomic E-state index is 11.4. The number of aromatic nitrogens is 1. The summed E-state index contributed by atoms with van der Waals surface area (Å²) in [6.07, 6.45) is 0. The number of halogens is 1. The molecule has 1 aromatic heterocycles. The molecule has 0 unspecified atom stereocenters. The molecule has 0 saturated heterocycles. The number of nitrogens with zero attached hydrogens (tertiary/aromatic N) is 1. The molecule has 0 atom stereocenters. The Balaban J connectivity index is 2.17. The molecule has 20 heavy (non-hydrogen) atoms. The van der Waals surface area contributed by atoms with E-state index >= 15 is 0 Å². The largest absolute Gasteiger partial charge is 0.471 e. The molecule has 2 aromatic rings. The highest BCUT2D eigenvalue weighted by Crippen LogP contribution is 2.22. The number of carbonyl (C=O) groups excluding carboxylic acids is 1. The van der Waals surface area contributed by atoms with Crippen molar-refractivity contribution in [2.45, 2.75) is 6.61 Å². The van der Waals surface area contributed by atoms with Gasteiger partial charge >= 0.3 is 5.97 Å². The first-order valence-electron chi connectivity index (χ1n) is 5.83. The summed E-state index contributed by atoms with van der Waals surface area (Å²) in [6, 6.07) is 10.3. The van der Waals surface area contributed by atoms with Gasteiger partial charge in [-0.1, -0.05) is 29.8 Å². The van der Waals surface area contributed by atoms with Crippen molar-refractivity contribution in [2.24, 2.45) is 0 Å². The van der Waals surface area contributed by atoms with Crippen LogP contribution in [0.15, 0.2) is 36.4 Å². The summed E-state index contributed by atoms with van der Waals surface area (Å²) in [5, 5.41) is 0.593. The zero-order chi connectivity index (χ0) is 14.5. The van der Waals surface area contributed by atoms with E-state index in [9.17, 15) is 4.79 Å². The molecule has 2 N–H and O–H groups in total. The van der Waals surface area contributed by atoms with Gasteiger partial charge in [-0.15, -0.1) is 0 Å². The molecule has 1 aromatic carbocycles. The Kier molecular flexibility index (Phi) is 4.42. The fourth-order valence-electron chi connectivity index (χ4n) is 1.55. The fourth-order valence-corrected chi connectivity index (χ4v) is 1.74. The van der Waals surface area contributed by atoms with Gasteiger partial charge in [-0.05, 0) is 18.2 Å². The van der Waals surface area contributed by atoms with Crippen LogP contribution in [-0.2, 0) is 11.3 Å². The van der Waals surface area contributed by atoms with Crippen molar-refractivity contribution in [3.05, 3.63) is 52.7 Å². The van der Waals surface area contributed by atoms with Crippen molar-refractivity contribution < 1.29 is 14.3 Å². The minimum absolute atomic E-state index is 0.135. The number of nitrogen functional groups attached to an aromatic ring is 1. The molecular weight excluding hydrogens is 280 g/mol. The molecule has 5 nitrogen and oxygen atoms in total. The molecule has 0 bridgehead atoms. The third-order valence-electron chi connectivity index (χ3n) is 2.61. The summed E-state index contributed by atoms with van der Waals surface area (Å²) < 4.78 is 10.1. The van der Waals surface area contributed by atoms with E-state index in [0.29, 0.717) is 10.7 Å². The first-order valence-corrected chi connectivity index (χ1v) is 6.20. The second kappa shape index (κ2) is 6.25. The molecule has 0 aliphatic heterocycles. The molecule has 0 spiro atoms. The normalized spacial score (nSPS) is 10.1. The van der Waals surface area contributed by atoms with E-state index in [-0.39, 0.29) is 18.2 Å². The Labute approximate surface area is 121 Å². The highest BCUT2D eigenvalue weighted by molar-refractivity contribution is 6.31. The second-order valence-corrected chi connectivity index (χ2v) is 4.37. The molecule has 104 valence electrons. The maximum Gasteiger partial charge on any atom is 0.356 e. The lowest BCUT2D eigenvalue weighted by atomic mass is 10.2. The van der Waals surface area contributed by atoms with Gasteiger partial charge in [0.25, 0.3) is 0 Å². The highest BCUT2D eigenvalue weighted by atomic mass is 35.5. The van der Waals surface area contributed by atoms with E-state index in [1.807, 2.05) is 18.2 Å². The number of anilines is 1. The summed E-state index contributed by atoms with van der Waals surface area (Å²) in [7, 11) is 1.28. The third-order valence-corrected chi connectivity index (χ3v) is 2.98. The molecule has 0 fully saturated rings. The first-order chi connectivity index (χ1) is 9.61. The van der Waals surface area contributed by atoms with Gasteiger partial charge in [0, 0.05) is 10.6 Å². The predicted octanol–water partition coefficient (Wildman–Crippen LogP) is 2.68. The summed E-state index contributed by atoms with van der Waals surface area (Å²) in [5.41, 5.74) is 7.04. The van der Waals surface area contributed by atoms with Crippen molar-refractivity contribution in [2.75, 3.05) is 12.8 Å². The Hall–Kier alpha value is -2.27. The smallest absolute Gasteiger partial charge is 0.356 e. The average molecular weight is 293 g/mol.